The van der Waals surface area contributed by atoms with Crippen LogP contribution < -0.4 is 0 Å². The Kier molecular flexibility index (Phi) is 3.46. The first-order chi connectivity index (χ1) is 8.01. The molecule has 1 aliphatic heterocycles. The van der Waals surface area contributed by atoms with Gasteiger partial charge < -0.3 is 14.7 Å². The summed E-state index contributed by atoms with van der Waals surface area (Å²) >= 11 is 0. The minimum Gasteiger partial charge on any atom is -0.393 e. The van der Waals surface area contributed by atoms with E-state index in [0.717, 1.165) is 19.4 Å². The lowest BCUT2D eigenvalue weighted by atomic mass is 9.99. The zero-order valence-corrected chi connectivity index (χ0v) is 11.0. The van der Waals surface area contributed by atoms with Crippen LogP contribution >= 0.6 is 0 Å². The highest BCUT2D eigenvalue weighted by atomic mass is 16.5. The van der Waals surface area contributed by atoms with Gasteiger partial charge in [-0.2, -0.15) is 0 Å². The number of methoxy groups -OCH3 is 1. The number of hydrogen-bond donors (Lipinski definition) is 1. The van der Waals surface area contributed by atoms with Crippen LogP contribution in [0.15, 0.2) is 0 Å². The second-order valence-electron chi connectivity index (χ2n) is 5.57. The zero-order valence-electron chi connectivity index (χ0n) is 11.0. The van der Waals surface area contributed by atoms with Crippen molar-refractivity contribution in [2.24, 2.45) is 11.8 Å². The molecule has 4 heteroatoms. The van der Waals surface area contributed by atoms with Gasteiger partial charge in [0.15, 0.2) is 0 Å². The molecule has 1 saturated heterocycles. The fraction of sp³-hybridized carbons (Fsp3) is 0.923. The molecule has 2 aliphatic rings. The number of hydrogen-bond acceptors (Lipinski definition) is 3. The van der Waals surface area contributed by atoms with Crippen molar-refractivity contribution in [1.29, 1.82) is 0 Å². The zero-order chi connectivity index (χ0) is 12.6. The number of aliphatic hydroxyl groups is 1. The summed E-state index contributed by atoms with van der Waals surface area (Å²) in [7, 11) is 1.59. The van der Waals surface area contributed by atoms with Crippen molar-refractivity contribution >= 4 is 5.91 Å². The van der Waals surface area contributed by atoms with Gasteiger partial charge in [-0.15, -0.1) is 0 Å². The summed E-state index contributed by atoms with van der Waals surface area (Å²) in [6.07, 6.45) is 2.41. The van der Waals surface area contributed by atoms with Gasteiger partial charge in [0.25, 0.3) is 5.91 Å². The summed E-state index contributed by atoms with van der Waals surface area (Å²) in [6.45, 7) is 5.30. The Balaban J connectivity index is 2.04. The first kappa shape index (κ1) is 12.8. The molecule has 17 heavy (non-hydrogen) atoms. The molecule has 4 nitrogen and oxygen atoms in total. The third-order valence-corrected chi connectivity index (χ3v) is 4.68. The van der Waals surface area contributed by atoms with Crippen LogP contribution in [0.25, 0.3) is 0 Å². The second-order valence-corrected chi connectivity index (χ2v) is 5.57. The molecule has 4 atom stereocenters. The molecule has 1 amide bonds. The van der Waals surface area contributed by atoms with Gasteiger partial charge in [-0.05, 0) is 32.1 Å². The summed E-state index contributed by atoms with van der Waals surface area (Å²) in [6, 6.07) is 0. The normalized spacial score (nSPS) is 35.8. The molecule has 1 heterocycles. The van der Waals surface area contributed by atoms with E-state index in [2.05, 4.69) is 0 Å². The van der Waals surface area contributed by atoms with Gasteiger partial charge in [0.2, 0.25) is 0 Å². The highest BCUT2D eigenvalue weighted by Gasteiger charge is 2.46. The molecule has 0 aromatic rings. The van der Waals surface area contributed by atoms with Crippen LogP contribution in [-0.2, 0) is 9.53 Å². The van der Waals surface area contributed by atoms with E-state index in [1.807, 2.05) is 18.7 Å². The molecular weight excluding hydrogens is 218 g/mol. The second kappa shape index (κ2) is 4.58. The maximum absolute atomic E-state index is 12.4. The molecule has 0 aromatic carbocycles. The average molecular weight is 241 g/mol. The lowest BCUT2D eigenvalue weighted by Gasteiger charge is -2.31. The fourth-order valence-corrected chi connectivity index (χ4v) is 3.12. The van der Waals surface area contributed by atoms with Gasteiger partial charge in [-0.1, -0.05) is 6.92 Å². The minimum absolute atomic E-state index is 0.0732. The summed E-state index contributed by atoms with van der Waals surface area (Å²) in [5.41, 5.74) is -0.705. The maximum Gasteiger partial charge on any atom is 0.254 e. The van der Waals surface area contributed by atoms with E-state index >= 15 is 0 Å². The number of fused-ring (bicyclic) bond motifs is 1. The predicted octanol–water partition coefficient (Wildman–Crippen LogP) is 1.03. The predicted molar refractivity (Wildman–Crippen MR) is 64.5 cm³/mol. The number of ether oxygens (including phenoxy) is 1. The molecular formula is C13H23NO3. The lowest BCUT2D eigenvalue weighted by Crippen LogP contribution is -2.47. The van der Waals surface area contributed by atoms with Crippen molar-refractivity contribution in [2.45, 2.75) is 44.8 Å². The van der Waals surface area contributed by atoms with Crippen LogP contribution in [0.5, 0.6) is 0 Å². The van der Waals surface area contributed by atoms with Crippen molar-refractivity contribution in [3.8, 4) is 0 Å². The summed E-state index contributed by atoms with van der Waals surface area (Å²) in [5, 5.41) is 9.85. The van der Waals surface area contributed by atoms with E-state index in [0.29, 0.717) is 18.9 Å². The number of nitrogens with zero attached hydrogens (tertiary/aromatic N) is 1. The van der Waals surface area contributed by atoms with Crippen LogP contribution in [0, 0.1) is 11.8 Å². The Bertz CT molecular complexity index is 301. The summed E-state index contributed by atoms with van der Waals surface area (Å²) < 4.78 is 5.36. The highest BCUT2D eigenvalue weighted by Crippen LogP contribution is 2.39. The van der Waals surface area contributed by atoms with Gasteiger partial charge in [0.05, 0.1) is 6.10 Å². The lowest BCUT2D eigenvalue weighted by molar-refractivity contribution is -0.152. The maximum atomic E-state index is 12.4. The van der Waals surface area contributed by atoms with Gasteiger partial charge in [-0.25, -0.2) is 0 Å². The molecule has 98 valence electrons. The fourth-order valence-electron chi connectivity index (χ4n) is 3.12. The van der Waals surface area contributed by atoms with Crippen molar-refractivity contribution in [1.82, 2.24) is 4.90 Å². The minimum atomic E-state index is -0.705. The average Bonchev–Trinajstić information content (AvgIpc) is 2.90. The Hall–Kier alpha value is -0.610. The van der Waals surface area contributed by atoms with E-state index in [-0.39, 0.29) is 17.9 Å². The monoisotopic (exact) mass is 241 g/mol. The third kappa shape index (κ3) is 2.08. The first-order valence-electron chi connectivity index (χ1n) is 6.54. The molecule has 1 aliphatic carbocycles. The van der Waals surface area contributed by atoms with E-state index in [4.69, 9.17) is 4.74 Å². The topological polar surface area (TPSA) is 49.8 Å². The van der Waals surface area contributed by atoms with E-state index < -0.39 is 5.60 Å². The number of rotatable bonds is 3. The SMILES string of the molecule is CCC(C)(OC)C(=O)N1CC2CCC(O)C2C1. The Morgan fingerprint density at radius 3 is 2.71 bits per heavy atom. The Morgan fingerprint density at radius 2 is 2.18 bits per heavy atom. The smallest absolute Gasteiger partial charge is 0.254 e. The molecule has 2 rings (SSSR count). The number of amides is 1. The molecule has 0 aromatic heterocycles. The van der Waals surface area contributed by atoms with Crippen molar-refractivity contribution in [3.05, 3.63) is 0 Å². The first-order valence-corrected chi connectivity index (χ1v) is 6.54. The van der Waals surface area contributed by atoms with Crippen LogP contribution in [0.3, 0.4) is 0 Å². The quantitative estimate of drug-likeness (QED) is 0.803. The van der Waals surface area contributed by atoms with Gasteiger partial charge >= 0.3 is 0 Å². The molecule has 0 spiro atoms. The van der Waals surface area contributed by atoms with E-state index in [1.54, 1.807) is 7.11 Å². The number of carbonyl (C=O) groups excluding carboxylic acids is 1. The van der Waals surface area contributed by atoms with Crippen LogP contribution in [0.4, 0.5) is 0 Å². The Morgan fingerprint density at radius 1 is 1.47 bits per heavy atom. The third-order valence-electron chi connectivity index (χ3n) is 4.68. The molecule has 0 bridgehead atoms. The number of aliphatic hydroxyl groups excluding tert-OH is 1. The van der Waals surface area contributed by atoms with E-state index in [9.17, 15) is 9.90 Å². The number of carbonyl (C=O) groups is 1. The van der Waals surface area contributed by atoms with Crippen molar-refractivity contribution in [3.63, 3.8) is 0 Å². The molecule has 1 saturated carbocycles. The molecule has 1 N–H and O–H groups in total. The highest BCUT2D eigenvalue weighted by molar-refractivity contribution is 5.85. The molecule has 0 radical (unpaired) electrons. The van der Waals surface area contributed by atoms with Crippen molar-refractivity contribution < 1.29 is 14.6 Å². The van der Waals surface area contributed by atoms with E-state index in [1.165, 1.54) is 0 Å². The molecule has 4 unspecified atom stereocenters. The number of likely N-dealkylation sites (tertiary alicyclic amines) is 1. The van der Waals surface area contributed by atoms with Gasteiger partial charge in [0, 0.05) is 26.1 Å². The van der Waals surface area contributed by atoms with Crippen LogP contribution in [-0.4, -0.2) is 47.8 Å². The standard InChI is InChI=1S/C13H23NO3/c1-4-13(2,17-3)12(16)14-7-9-5-6-11(15)10(9)8-14/h9-11,15H,4-8H2,1-3H3. The van der Waals surface area contributed by atoms with Crippen molar-refractivity contribution in [2.75, 3.05) is 20.2 Å². The largest absolute Gasteiger partial charge is 0.393 e. The van der Waals surface area contributed by atoms with Crippen LogP contribution in [0.1, 0.15) is 33.1 Å². The molecule has 2 fully saturated rings. The van der Waals surface area contributed by atoms with Crippen LogP contribution in [0.2, 0.25) is 0 Å². The van der Waals surface area contributed by atoms with Gasteiger partial charge in [0.1, 0.15) is 5.60 Å². The summed E-state index contributed by atoms with van der Waals surface area (Å²) in [4.78, 5) is 14.3. The van der Waals surface area contributed by atoms with Gasteiger partial charge in [-0.3, -0.25) is 4.79 Å². The Labute approximate surface area is 103 Å². The summed E-state index contributed by atoms with van der Waals surface area (Å²) in [5.74, 6) is 0.855.